The van der Waals surface area contributed by atoms with E-state index >= 15 is 0 Å². The molecule has 0 fully saturated rings. The van der Waals surface area contributed by atoms with Gasteiger partial charge in [-0.1, -0.05) is 0 Å². The van der Waals surface area contributed by atoms with E-state index in [1.165, 1.54) is 0 Å². The summed E-state index contributed by atoms with van der Waals surface area (Å²) in [4.78, 5) is 8.36. The third kappa shape index (κ3) is 128. The van der Waals surface area contributed by atoms with Crippen molar-refractivity contribution >= 4 is 0 Å². The molecule has 0 amide bonds. The van der Waals surface area contributed by atoms with Crippen molar-refractivity contribution in [1.82, 2.24) is 0 Å². The summed E-state index contributed by atoms with van der Waals surface area (Å²) < 4.78 is 0. The molecule has 1 N–H and O–H groups in total. The standard InChI is InChI=1S/Ar.HNO3/c;2-1(3)4/h;(H,2,3,4). The van der Waals surface area contributed by atoms with Gasteiger partial charge < -0.3 is 5.21 Å². The van der Waals surface area contributed by atoms with Crippen molar-refractivity contribution in [3.8, 4) is 0 Å². The molecule has 0 aromatic rings. The molecule has 0 aliphatic carbocycles. The van der Waals surface area contributed by atoms with Crippen molar-refractivity contribution < 1.29 is 48.0 Å². The molecule has 32 valence electrons. The Morgan fingerprint density at radius 2 is 1.80 bits per heavy atom. The number of nitrogens with zero attached hydrogens (tertiary/aromatic N) is 1. The molecule has 0 saturated carbocycles. The van der Waals surface area contributed by atoms with Crippen molar-refractivity contribution in [1.29, 1.82) is 0 Å². The number of hydrogen-bond donors (Lipinski definition) is 1. The number of hydrogen-bond acceptors (Lipinski definition) is 2. The van der Waals surface area contributed by atoms with Crippen LogP contribution in [0, 0.1) is 47.9 Å². The first-order valence-electron chi connectivity index (χ1n) is 0.565. The van der Waals surface area contributed by atoms with E-state index in [2.05, 4.69) is 0 Å². The third-order valence-corrected chi connectivity index (χ3v) is 0. The van der Waals surface area contributed by atoms with Crippen LogP contribution in [0.25, 0.3) is 0 Å². The molecule has 5 heteroatoms. The molecule has 0 aromatic heterocycles. The number of rotatable bonds is 0. The topological polar surface area (TPSA) is 63.4 Å². The van der Waals surface area contributed by atoms with Gasteiger partial charge in [-0.25, -0.2) is 0 Å². The van der Waals surface area contributed by atoms with Gasteiger partial charge in [0.25, 0.3) is 5.09 Å². The second kappa shape index (κ2) is 4.46. The minimum atomic E-state index is -1.50. The second-order valence-electron chi connectivity index (χ2n) is 0.238. The normalized spacial score (nSPS) is 4.80. The molecule has 0 aromatic carbocycles. The first-order chi connectivity index (χ1) is 1.73. The first kappa shape index (κ1) is 9.07. The van der Waals surface area contributed by atoms with Gasteiger partial charge in [-0.2, -0.15) is 0 Å². The Kier molecular flexibility index (Phi) is 8.09. The summed E-state index contributed by atoms with van der Waals surface area (Å²) in [7, 11) is 0. The zero-order valence-electron chi connectivity index (χ0n) is 2.06. The molecule has 0 unspecified atom stereocenters. The maximum absolute atomic E-state index is 8.36. The zero-order valence-corrected chi connectivity index (χ0v) is 2.77. The second-order valence-corrected chi connectivity index (χ2v) is 0.238. The van der Waals surface area contributed by atoms with E-state index in [1.54, 1.807) is 0 Å². The zero-order chi connectivity index (χ0) is 3.58. The van der Waals surface area contributed by atoms with Gasteiger partial charge in [0.05, 0.1) is 0 Å². The Bertz CT molecular complexity index is 29.9. The average Bonchev–Trinajstić information content (AvgIpc) is 0.811. The summed E-state index contributed by atoms with van der Waals surface area (Å²) in [5, 5.41) is 13.6. The van der Waals surface area contributed by atoms with Crippen LogP contribution in [0.5, 0.6) is 0 Å². The largest absolute Gasteiger partial charge is 0.328 e. The molecule has 0 atom stereocenters. The fourth-order valence-corrected chi connectivity index (χ4v) is 0. The van der Waals surface area contributed by atoms with Gasteiger partial charge in [0.1, 0.15) is 0 Å². The van der Waals surface area contributed by atoms with Crippen molar-refractivity contribution in [2.24, 2.45) is 0 Å². The van der Waals surface area contributed by atoms with Crippen molar-refractivity contribution in [2.45, 2.75) is 0 Å². The van der Waals surface area contributed by atoms with E-state index in [9.17, 15) is 0 Å². The predicted octanol–water partition coefficient (Wildman–Crippen LogP) is -0.348. The summed E-state index contributed by atoms with van der Waals surface area (Å²) in [6.45, 7) is 0. The van der Waals surface area contributed by atoms with Crippen LogP contribution < -0.4 is 0 Å². The summed E-state index contributed by atoms with van der Waals surface area (Å²) in [5.74, 6) is 0. The van der Waals surface area contributed by atoms with E-state index < -0.39 is 5.09 Å². The van der Waals surface area contributed by atoms with Gasteiger partial charge in [-0.15, -0.1) is 10.1 Å². The van der Waals surface area contributed by atoms with Gasteiger partial charge in [0.15, 0.2) is 0 Å². The third-order valence-electron chi connectivity index (χ3n) is 0. The maximum Gasteiger partial charge on any atom is 0.291 e. The van der Waals surface area contributed by atoms with Crippen LogP contribution in [0.1, 0.15) is 0 Å². The van der Waals surface area contributed by atoms with Crippen LogP contribution in [-0.2, 0) is 0 Å². The Balaban J connectivity index is 0. The maximum atomic E-state index is 8.36. The summed E-state index contributed by atoms with van der Waals surface area (Å²) in [6.07, 6.45) is 0. The van der Waals surface area contributed by atoms with Crippen molar-refractivity contribution in [2.75, 3.05) is 0 Å². The quantitative estimate of drug-likeness (QED) is 0.336. The summed E-state index contributed by atoms with van der Waals surface area (Å²) >= 11 is 0. The fraction of sp³-hybridized carbons (Fsp3) is 0. The Morgan fingerprint density at radius 3 is 1.80 bits per heavy atom. The molecule has 0 saturated heterocycles. The molecule has 0 aliphatic rings. The van der Waals surface area contributed by atoms with Crippen LogP contribution >= 0.6 is 0 Å². The smallest absolute Gasteiger partial charge is 0.291 e. The Labute approximate surface area is 57.9 Å². The molecule has 4 nitrogen and oxygen atoms in total. The van der Waals surface area contributed by atoms with Crippen LogP contribution in [0.4, 0.5) is 0 Å². The van der Waals surface area contributed by atoms with Crippen molar-refractivity contribution in [3.05, 3.63) is 10.1 Å². The van der Waals surface area contributed by atoms with Crippen LogP contribution in [0.3, 0.4) is 0 Å². The van der Waals surface area contributed by atoms with Gasteiger partial charge in [-0.3, -0.25) is 0 Å². The molecular weight excluding hydrogens is 102 g/mol. The first-order valence-corrected chi connectivity index (χ1v) is 0.565. The van der Waals surface area contributed by atoms with Crippen LogP contribution in [0.2, 0.25) is 0 Å². The van der Waals surface area contributed by atoms with E-state index in [0.29, 0.717) is 0 Å². The van der Waals surface area contributed by atoms with E-state index in [1.807, 2.05) is 0 Å². The van der Waals surface area contributed by atoms with Crippen LogP contribution in [-0.4, -0.2) is 10.3 Å². The fourth-order valence-electron chi connectivity index (χ4n) is 0. The minimum Gasteiger partial charge on any atom is -0.328 e. The molecule has 0 rings (SSSR count). The monoisotopic (exact) mass is 103 g/mol. The van der Waals surface area contributed by atoms with Gasteiger partial charge in [0, 0.05) is 37.7 Å². The van der Waals surface area contributed by atoms with Gasteiger partial charge in [0.2, 0.25) is 0 Å². The Morgan fingerprint density at radius 1 is 1.80 bits per heavy atom. The molecule has 0 radical (unpaired) electrons. The Hall–Kier alpha value is 0.460. The van der Waals surface area contributed by atoms with E-state index in [-0.39, 0.29) is 37.7 Å². The summed E-state index contributed by atoms with van der Waals surface area (Å²) in [5.41, 5.74) is 0. The molecular formula is HArNO3. The van der Waals surface area contributed by atoms with Gasteiger partial charge in [-0.05, 0) is 0 Å². The summed E-state index contributed by atoms with van der Waals surface area (Å²) in [6, 6.07) is 0. The predicted molar refractivity (Wildman–Crippen MR) is 8.78 cm³/mol. The van der Waals surface area contributed by atoms with E-state index in [0.717, 1.165) is 0 Å². The average molecular weight is 103 g/mol. The SMILES string of the molecule is O=[N+]([O-])O.[Ar]. The van der Waals surface area contributed by atoms with Crippen molar-refractivity contribution in [3.63, 3.8) is 0 Å². The molecule has 0 heterocycles. The minimum absolute atomic E-state index is 0. The molecule has 0 bridgehead atoms. The van der Waals surface area contributed by atoms with E-state index in [4.69, 9.17) is 15.3 Å². The molecule has 0 spiro atoms. The van der Waals surface area contributed by atoms with Gasteiger partial charge >= 0.3 is 0 Å². The molecule has 0 aliphatic heterocycles. The van der Waals surface area contributed by atoms with Crippen LogP contribution in [0.15, 0.2) is 0 Å². The molecule has 5 heavy (non-hydrogen) atoms.